The van der Waals surface area contributed by atoms with Crippen molar-refractivity contribution < 1.29 is 0 Å². The van der Waals surface area contributed by atoms with Crippen molar-refractivity contribution in [2.75, 3.05) is 24.1 Å². The summed E-state index contributed by atoms with van der Waals surface area (Å²) in [6, 6.07) is 0. The second kappa shape index (κ2) is 4.47. The van der Waals surface area contributed by atoms with Gasteiger partial charge in [0.1, 0.15) is 0 Å². The molecule has 100 valence electrons. The van der Waals surface area contributed by atoms with Crippen LogP contribution in [0.5, 0.6) is 0 Å². The van der Waals surface area contributed by atoms with Gasteiger partial charge in [-0.25, -0.2) is 0 Å². The molecule has 0 spiro atoms. The fraction of sp³-hybridized carbons (Fsp3) is 0.308. The van der Waals surface area contributed by atoms with Crippen LogP contribution in [0.2, 0.25) is 0 Å². The molecular formula is C13H16N6-2. The third kappa shape index (κ3) is 2.22. The first-order valence-electron chi connectivity index (χ1n) is 6.22. The molecule has 0 unspecified atom stereocenters. The quantitative estimate of drug-likeness (QED) is 0.700. The van der Waals surface area contributed by atoms with Gasteiger partial charge in [-0.15, -0.1) is 0 Å². The van der Waals surface area contributed by atoms with Gasteiger partial charge in [0, 0.05) is 18.9 Å². The number of nitrogens with one attached hydrogen (secondary N) is 2. The van der Waals surface area contributed by atoms with E-state index in [4.69, 9.17) is 5.73 Å². The summed E-state index contributed by atoms with van der Waals surface area (Å²) in [7, 11) is 0. The maximum absolute atomic E-state index is 6.02. The number of nitrogens with zero attached hydrogens (tertiary/aromatic N) is 3. The maximum atomic E-state index is 6.02. The van der Waals surface area contributed by atoms with Gasteiger partial charge in [0.15, 0.2) is 0 Å². The first-order valence-corrected chi connectivity index (χ1v) is 6.22. The van der Waals surface area contributed by atoms with E-state index >= 15 is 0 Å². The van der Waals surface area contributed by atoms with E-state index in [9.17, 15) is 0 Å². The van der Waals surface area contributed by atoms with Crippen LogP contribution < -0.4 is 21.4 Å². The monoisotopic (exact) mass is 256 g/mol. The van der Waals surface area contributed by atoms with Crippen molar-refractivity contribution >= 4 is 17.6 Å². The number of nitrogen functional groups attached to an aromatic ring is 1. The Labute approximate surface area is 112 Å². The molecule has 0 bridgehead atoms. The van der Waals surface area contributed by atoms with Crippen LogP contribution in [-0.2, 0) is 0 Å². The van der Waals surface area contributed by atoms with E-state index in [1.807, 2.05) is 19.9 Å². The molecule has 3 rings (SSSR count). The van der Waals surface area contributed by atoms with Crippen molar-refractivity contribution in [3.05, 3.63) is 40.3 Å². The lowest BCUT2D eigenvalue weighted by Gasteiger charge is -2.34. The zero-order valence-electron chi connectivity index (χ0n) is 11.0. The van der Waals surface area contributed by atoms with Gasteiger partial charge >= 0.3 is 0 Å². The predicted molar refractivity (Wildman–Crippen MR) is 75.7 cm³/mol. The summed E-state index contributed by atoms with van der Waals surface area (Å²) in [6.45, 7) is 5.60. The molecule has 0 saturated carbocycles. The van der Waals surface area contributed by atoms with Crippen molar-refractivity contribution in [2.45, 2.75) is 13.8 Å². The molecule has 1 aromatic heterocycles. The minimum Gasteiger partial charge on any atom is -0.463 e. The molecule has 0 atom stereocenters. The Hall–Kier alpha value is -2.21. The molecular weight excluding hydrogens is 240 g/mol. The van der Waals surface area contributed by atoms with Gasteiger partial charge in [0.2, 0.25) is 0 Å². The van der Waals surface area contributed by atoms with Gasteiger partial charge in [-0.2, -0.15) is 0 Å². The summed E-state index contributed by atoms with van der Waals surface area (Å²) >= 11 is 0. The number of anilines is 2. The Balaban J connectivity index is 1.93. The minimum atomic E-state index is 0.462. The van der Waals surface area contributed by atoms with E-state index in [2.05, 4.69) is 32.0 Å². The highest BCUT2D eigenvalue weighted by Gasteiger charge is 2.12. The van der Waals surface area contributed by atoms with E-state index in [-0.39, 0.29) is 0 Å². The highest BCUT2D eigenvalue weighted by atomic mass is 15.2. The molecule has 2 aliphatic heterocycles. The largest absolute Gasteiger partial charge is 0.463 e. The SMILES string of the molecule is CC1=C[C-](C)c2c(N)nc(NC3=CCNC3)[n-][c+]2[N-]1. The number of hydrogen-bond acceptors (Lipinski definition) is 4. The fourth-order valence-electron chi connectivity index (χ4n) is 2.28. The Morgan fingerprint density at radius 2 is 2.42 bits per heavy atom. The van der Waals surface area contributed by atoms with Crippen LogP contribution in [0, 0.1) is 5.92 Å². The molecule has 2 aliphatic rings. The van der Waals surface area contributed by atoms with E-state index in [1.165, 1.54) is 0 Å². The van der Waals surface area contributed by atoms with Gasteiger partial charge in [0.25, 0.3) is 0 Å². The van der Waals surface area contributed by atoms with E-state index < -0.39 is 0 Å². The van der Waals surface area contributed by atoms with Crippen molar-refractivity contribution in [2.24, 2.45) is 0 Å². The molecule has 1 aromatic rings. The van der Waals surface area contributed by atoms with Crippen LogP contribution in [0.3, 0.4) is 0 Å². The molecule has 0 saturated heterocycles. The fourth-order valence-corrected chi connectivity index (χ4v) is 2.28. The van der Waals surface area contributed by atoms with E-state index in [0.717, 1.165) is 36.0 Å². The summed E-state index contributed by atoms with van der Waals surface area (Å²) in [5.41, 5.74) is 8.83. The van der Waals surface area contributed by atoms with Gasteiger partial charge in [-0.3, -0.25) is 0 Å². The zero-order valence-corrected chi connectivity index (χ0v) is 11.0. The minimum absolute atomic E-state index is 0.462. The molecule has 0 fully saturated rings. The number of allylic oxidation sites excluding steroid dienone is 2. The Morgan fingerprint density at radius 1 is 1.58 bits per heavy atom. The average Bonchev–Trinajstić information content (AvgIpc) is 2.79. The van der Waals surface area contributed by atoms with Crippen molar-refractivity contribution in [3.63, 3.8) is 0 Å². The summed E-state index contributed by atoms with van der Waals surface area (Å²) in [5, 5.41) is 10.8. The first-order chi connectivity index (χ1) is 9.13. The molecule has 0 radical (unpaired) electrons. The van der Waals surface area contributed by atoms with Crippen molar-refractivity contribution in [3.8, 4) is 0 Å². The standard InChI is InChI=1S/C13H16N6/c1-7-5-8(2)16-12-10(7)11(14)18-13(19-12)17-9-3-4-15-6-9/h3,5,15H,4,6,14H2,1-2H3,(H-,17,18,19)/q-2. The highest BCUT2D eigenvalue weighted by Crippen LogP contribution is 2.39. The van der Waals surface area contributed by atoms with Crippen molar-refractivity contribution in [1.29, 1.82) is 0 Å². The van der Waals surface area contributed by atoms with E-state index in [0.29, 0.717) is 17.6 Å². The predicted octanol–water partition coefficient (Wildman–Crippen LogP) is 1.67. The Bertz CT molecular complexity index is 575. The molecule has 0 aliphatic carbocycles. The van der Waals surface area contributed by atoms with Gasteiger partial charge in [-0.1, -0.05) is 29.5 Å². The van der Waals surface area contributed by atoms with Crippen LogP contribution in [0.25, 0.3) is 5.32 Å². The van der Waals surface area contributed by atoms with Crippen LogP contribution in [0.4, 0.5) is 17.6 Å². The molecule has 19 heavy (non-hydrogen) atoms. The number of hydrogen-bond donors (Lipinski definition) is 3. The average molecular weight is 256 g/mol. The van der Waals surface area contributed by atoms with Crippen LogP contribution in [0.1, 0.15) is 19.4 Å². The number of rotatable bonds is 2. The van der Waals surface area contributed by atoms with Gasteiger partial charge < -0.3 is 31.7 Å². The molecule has 0 amide bonds. The smallest absolute Gasteiger partial charge is 0.0255 e. The van der Waals surface area contributed by atoms with Gasteiger partial charge in [-0.05, 0) is 31.1 Å². The number of aromatic nitrogens is 2. The summed E-state index contributed by atoms with van der Waals surface area (Å²) in [5.74, 6) is 2.65. The number of nitrogens with two attached hydrogens (primary N) is 1. The summed E-state index contributed by atoms with van der Waals surface area (Å²) < 4.78 is 0. The second-order valence-corrected chi connectivity index (χ2v) is 4.70. The summed E-state index contributed by atoms with van der Waals surface area (Å²) in [4.78, 5) is 8.74. The highest BCUT2D eigenvalue weighted by molar-refractivity contribution is 5.73. The van der Waals surface area contributed by atoms with Gasteiger partial charge in [0.05, 0.1) is 0 Å². The molecule has 4 N–H and O–H groups in total. The normalized spacial score (nSPS) is 17.5. The lowest BCUT2D eigenvalue weighted by atomic mass is 9.98. The Morgan fingerprint density at radius 3 is 3.16 bits per heavy atom. The Kier molecular flexibility index (Phi) is 2.79. The van der Waals surface area contributed by atoms with Crippen LogP contribution in [-0.4, -0.2) is 18.1 Å². The first kappa shape index (κ1) is 11.9. The molecule has 3 heterocycles. The maximum Gasteiger partial charge on any atom is 0.0255 e. The topological polar surface area (TPSA) is 91.2 Å². The third-order valence-electron chi connectivity index (χ3n) is 3.10. The van der Waals surface area contributed by atoms with E-state index in [1.54, 1.807) is 0 Å². The van der Waals surface area contributed by atoms with Crippen LogP contribution in [0.15, 0.2) is 23.5 Å². The third-order valence-corrected chi connectivity index (χ3v) is 3.10. The van der Waals surface area contributed by atoms with Crippen LogP contribution >= 0.6 is 0 Å². The molecule has 6 heteroatoms. The summed E-state index contributed by atoms with van der Waals surface area (Å²) in [6.07, 6.45) is 4.05. The number of fused-ring (bicyclic) bond motifs is 1. The lowest BCUT2D eigenvalue weighted by molar-refractivity contribution is 0.874. The lowest BCUT2D eigenvalue weighted by Crippen LogP contribution is -2.15. The molecule has 6 nitrogen and oxygen atoms in total. The zero-order chi connectivity index (χ0) is 13.4. The molecule has 0 aromatic carbocycles. The van der Waals surface area contributed by atoms with Crippen molar-refractivity contribution in [1.82, 2.24) is 15.3 Å². The second-order valence-electron chi connectivity index (χ2n) is 4.70.